The van der Waals surface area contributed by atoms with Gasteiger partial charge < -0.3 is 24.3 Å². The first-order valence-corrected chi connectivity index (χ1v) is 10.3. The van der Waals surface area contributed by atoms with Crippen LogP contribution in [0.15, 0.2) is 24.3 Å². The molecular formula is C22H23NO7S. The maximum atomic E-state index is 12.5. The number of benzene rings is 1. The largest absolute Gasteiger partial charge is 0.493 e. The lowest BCUT2D eigenvalue weighted by atomic mass is 9.99. The number of carbonyl (C=O) groups excluding carboxylic acids is 3. The molecule has 0 spiro atoms. The van der Waals surface area contributed by atoms with E-state index < -0.39 is 23.8 Å². The Morgan fingerprint density at radius 2 is 1.81 bits per heavy atom. The zero-order valence-electron chi connectivity index (χ0n) is 17.6. The van der Waals surface area contributed by atoms with E-state index in [0.29, 0.717) is 34.9 Å². The zero-order chi connectivity index (χ0) is 22.5. The number of aryl methyl sites for hydroxylation is 1. The number of rotatable bonds is 7. The maximum absolute atomic E-state index is 12.5. The first-order chi connectivity index (χ1) is 14.9. The molecule has 0 saturated carbocycles. The van der Waals surface area contributed by atoms with Gasteiger partial charge in [-0.3, -0.25) is 9.59 Å². The molecule has 1 amide bonds. The second-order valence-electron chi connectivity index (χ2n) is 6.69. The van der Waals surface area contributed by atoms with E-state index in [9.17, 15) is 14.4 Å². The standard InChI is InChI=1S/C22H23NO7S/c1-27-14-8-5-12(11-15(14)28-2)6-10-17(24)23-20-19(22(26)30-4)18-13(21(25)29-3)7-9-16(18)31-20/h5-6,8,10-11,13H,7,9H2,1-4H3,(H,23,24)/b10-6+. The van der Waals surface area contributed by atoms with Crippen molar-refractivity contribution >= 4 is 40.3 Å². The van der Waals surface area contributed by atoms with Crippen molar-refractivity contribution in [1.82, 2.24) is 0 Å². The number of hydrogen-bond donors (Lipinski definition) is 1. The van der Waals surface area contributed by atoms with Gasteiger partial charge in [0.05, 0.1) is 39.9 Å². The molecule has 1 N–H and O–H groups in total. The number of thiophene rings is 1. The maximum Gasteiger partial charge on any atom is 0.341 e. The van der Waals surface area contributed by atoms with Crippen LogP contribution in [0.1, 0.15) is 38.7 Å². The van der Waals surface area contributed by atoms with Crippen LogP contribution >= 0.6 is 11.3 Å². The minimum Gasteiger partial charge on any atom is -0.493 e. The summed E-state index contributed by atoms with van der Waals surface area (Å²) in [7, 11) is 5.65. The van der Waals surface area contributed by atoms with E-state index in [1.54, 1.807) is 31.4 Å². The van der Waals surface area contributed by atoms with Gasteiger partial charge in [-0.2, -0.15) is 0 Å². The van der Waals surface area contributed by atoms with Crippen LogP contribution in [0.5, 0.6) is 11.5 Å². The summed E-state index contributed by atoms with van der Waals surface area (Å²) < 4.78 is 20.2. The number of hydrogen-bond acceptors (Lipinski definition) is 8. The Labute approximate surface area is 183 Å². The van der Waals surface area contributed by atoms with Crippen molar-refractivity contribution in [3.63, 3.8) is 0 Å². The summed E-state index contributed by atoms with van der Waals surface area (Å²) in [6, 6.07) is 5.26. The summed E-state index contributed by atoms with van der Waals surface area (Å²) in [6.45, 7) is 0. The van der Waals surface area contributed by atoms with E-state index in [1.165, 1.54) is 38.7 Å². The number of anilines is 1. The zero-order valence-corrected chi connectivity index (χ0v) is 18.5. The molecule has 2 aromatic rings. The van der Waals surface area contributed by atoms with E-state index in [1.807, 2.05) is 0 Å². The normalized spacial score (nSPS) is 14.8. The molecule has 9 heteroatoms. The first-order valence-electron chi connectivity index (χ1n) is 9.46. The summed E-state index contributed by atoms with van der Waals surface area (Å²) in [4.78, 5) is 38.0. The van der Waals surface area contributed by atoms with Crippen LogP contribution in [0, 0.1) is 0 Å². The van der Waals surface area contributed by atoms with Gasteiger partial charge >= 0.3 is 11.9 Å². The highest BCUT2D eigenvalue weighted by Crippen LogP contribution is 2.45. The fourth-order valence-corrected chi connectivity index (χ4v) is 4.79. The second-order valence-corrected chi connectivity index (χ2v) is 7.79. The van der Waals surface area contributed by atoms with Crippen molar-refractivity contribution < 1.29 is 33.3 Å². The van der Waals surface area contributed by atoms with Crippen LogP contribution in [-0.4, -0.2) is 46.3 Å². The second kappa shape index (κ2) is 9.65. The average molecular weight is 445 g/mol. The molecule has 3 rings (SSSR count). The van der Waals surface area contributed by atoms with Gasteiger partial charge in [0, 0.05) is 11.0 Å². The Balaban J connectivity index is 1.84. The van der Waals surface area contributed by atoms with Crippen LogP contribution in [0.25, 0.3) is 6.08 Å². The van der Waals surface area contributed by atoms with Crippen LogP contribution in [0.2, 0.25) is 0 Å². The lowest BCUT2D eigenvalue weighted by Crippen LogP contribution is -2.16. The van der Waals surface area contributed by atoms with Crippen molar-refractivity contribution in [3.8, 4) is 11.5 Å². The van der Waals surface area contributed by atoms with Gasteiger partial charge in [0.1, 0.15) is 5.00 Å². The molecule has 1 aliphatic rings. The molecule has 8 nitrogen and oxygen atoms in total. The third kappa shape index (κ3) is 4.56. The molecule has 1 aromatic carbocycles. The minimum atomic E-state index is -0.604. The average Bonchev–Trinajstić information content (AvgIpc) is 3.35. The van der Waals surface area contributed by atoms with Crippen molar-refractivity contribution in [3.05, 3.63) is 45.8 Å². The number of methoxy groups -OCH3 is 4. The molecule has 164 valence electrons. The molecule has 1 aliphatic carbocycles. The lowest BCUT2D eigenvalue weighted by Gasteiger charge is -2.11. The summed E-state index contributed by atoms with van der Waals surface area (Å²) in [5.41, 5.74) is 1.53. The number of amides is 1. The van der Waals surface area contributed by atoms with Gasteiger partial charge in [-0.05, 0) is 42.2 Å². The Morgan fingerprint density at radius 3 is 2.45 bits per heavy atom. The third-order valence-corrected chi connectivity index (χ3v) is 6.16. The van der Waals surface area contributed by atoms with E-state index in [4.69, 9.17) is 18.9 Å². The van der Waals surface area contributed by atoms with Crippen molar-refractivity contribution in [2.75, 3.05) is 33.8 Å². The predicted molar refractivity (Wildman–Crippen MR) is 116 cm³/mol. The van der Waals surface area contributed by atoms with Crippen LogP contribution in [0.4, 0.5) is 5.00 Å². The number of esters is 2. The Bertz CT molecular complexity index is 1040. The van der Waals surface area contributed by atoms with Gasteiger partial charge in [0.25, 0.3) is 0 Å². The van der Waals surface area contributed by atoms with Crippen LogP contribution in [0.3, 0.4) is 0 Å². The van der Waals surface area contributed by atoms with E-state index in [2.05, 4.69) is 5.32 Å². The number of fused-ring (bicyclic) bond motifs is 1. The van der Waals surface area contributed by atoms with Crippen LogP contribution in [-0.2, 0) is 25.5 Å². The summed E-state index contributed by atoms with van der Waals surface area (Å²) in [6.07, 6.45) is 4.16. The Kier molecular flexibility index (Phi) is 6.96. The number of ether oxygens (including phenoxy) is 4. The predicted octanol–water partition coefficient (Wildman–Crippen LogP) is 3.41. The highest BCUT2D eigenvalue weighted by atomic mass is 32.1. The molecule has 0 aliphatic heterocycles. The smallest absolute Gasteiger partial charge is 0.341 e. The van der Waals surface area contributed by atoms with Crippen molar-refractivity contribution in [1.29, 1.82) is 0 Å². The summed E-state index contributed by atoms with van der Waals surface area (Å²) in [5, 5.41) is 3.09. The monoisotopic (exact) mass is 445 g/mol. The summed E-state index contributed by atoms with van der Waals surface area (Å²) in [5.74, 6) is -0.852. The topological polar surface area (TPSA) is 100 Å². The van der Waals surface area contributed by atoms with E-state index in [0.717, 1.165) is 10.4 Å². The van der Waals surface area contributed by atoms with E-state index >= 15 is 0 Å². The molecule has 0 fully saturated rings. The summed E-state index contributed by atoms with van der Waals surface area (Å²) >= 11 is 1.27. The third-order valence-electron chi connectivity index (χ3n) is 4.98. The lowest BCUT2D eigenvalue weighted by molar-refractivity contribution is -0.142. The molecule has 0 radical (unpaired) electrons. The number of nitrogens with one attached hydrogen (secondary N) is 1. The van der Waals surface area contributed by atoms with Crippen molar-refractivity contribution in [2.24, 2.45) is 0 Å². The van der Waals surface area contributed by atoms with Gasteiger partial charge in [0.15, 0.2) is 11.5 Å². The molecule has 1 aromatic heterocycles. The Hall–Kier alpha value is -3.33. The van der Waals surface area contributed by atoms with E-state index in [-0.39, 0.29) is 5.56 Å². The van der Waals surface area contributed by atoms with Gasteiger partial charge in [-0.1, -0.05) is 6.07 Å². The SMILES string of the molecule is COC(=O)c1c(NC(=O)/C=C/c2ccc(OC)c(OC)c2)sc2c1C(C(=O)OC)CC2. The fourth-order valence-electron chi connectivity index (χ4n) is 3.52. The highest BCUT2D eigenvalue weighted by molar-refractivity contribution is 7.17. The number of carbonyl (C=O) groups is 3. The van der Waals surface area contributed by atoms with Gasteiger partial charge in [0.2, 0.25) is 5.91 Å². The quantitative estimate of drug-likeness (QED) is 0.515. The molecule has 0 bridgehead atoms. The first kappa shape index (κ1) is 22.4. The molecule has 31 heavy (non-hydrogen) atoms. The van der Waals surface area contributed by atoms with Gasteiger partial charge in [-0.15, -0.1) is 11.3 Å². The fraction of sp³-hybridized carbons (Fsp3) is 0.318. The molecule has 1 heterocycles. The highest BCUT2D eigenvalue weighted by Gasteiger charge is 2.38. The molecule has 0 saturated heterocycles. The van der Waals surface area contributed by atoms with Crippen LogP contribution < -0.4 is 14.8 Å². The molecule has 1 atom stereocenters. The Morgan fingerprint density at radius 1 is 1.06 bits per heavy atom. The minimum absolute atomic E-state index is 0.211. The molecular weight excluding hydrogens is 422 g/mol. The van der Waals surface area contributed by atoms with Gasteiger partial charge in [-0.25, -0.2) is 4.79 Å². The van der Waals surface area contributed by atoms with Crippen molar-refractivity contribution in [2.45, 2.75) is 18.8 Å². The molecule has 1 unspecified atom stereocenters.